The van der Waals surface area contributed by atoms with Gasteiger partial charge in [0.25, 0.3) is 10.0 Å². The highest BCUT2D eigenvalue weighted by Crippen LogP contribution is 2.27. The maximum absolute atomic E-state index is 12.3. The fourth-order valence-corrected chi connectivity index (χ4v) is 4.54. The molecule has 0 aromatic heterocycles. The summed E-state index contributed by atoms with van der Waals surface area (Å²) in [6.45, 7) is 0. The first-order valence-corrected chi connectivity index (χ1v) is 11.5. The van der Waals surface area contributed by atoms with E-state index in [1.54, 1.807) is 0 Å². The summed E-state index contributed by atoms with van der Waals surface area (Å²) in [6.07, 6.45) is 7.01. The van der Waals surface area contributed by atoms with Gasteiger partial charge in [-0.25, -0.2) is 22.0 Å². The minimum Gasteiger partial charge on any atom is -0.279 e. The number of allylic oxidation sites excluding steroid dienone is 2. The molecule has 27 heavy (non-hydrogen) atoms. The second-order valence-corrected chi connectivity index (χ2v) is 9.33. The van der Waals surface area contributed by atoms with Gasteiger partial charge >= 0.3 is 0 Å². The van der Waals surface area contributed by atoms with Crippen LogP contribution in [0.5, 0.6) is 0 Å². The third-order valence-corrected chi connectivity index (χ3v) is 6.18. The molecule has 3 N–H and O–H groups in total. The van der Waals surface area contributed by atoms with Crippen molar-refractivity contribution in [2.24, 2.45) is 5.14 Å². The second-order valence-electron chi connectivity index (χ2n) is 6.23. The first-order valence-electron chi connectivity index (χ1n) is 8.37. The molecule has 0 heterocycles. The molecule has 0 amide bonds. The van der Waals surface area contributed by atoms with Gasteiger partial charge in [-0.05, 0) is 54.2 Å². The van der Waals surface area contributed by atoms with Crippen molar-refractivity contribution in [3.63, 3.8) is 0 Å². The number of nitrogens with two attached hydrogens (primary N) is 1. The smallest absolute Gasteiger partial charge is 0.255 e. The number of benzene rings is 2. The van der Waals surface area contributed by atoms with Gasteiger partial charge in [0.1, 0.15) is 4.90 Å². The lowest BCUT2D eigenvalue weighted by Gasteiger charge is -2.09. The summed E-state index contributed by atoms with van der Waals surface area (Å²) in [5.41, 5.74) is 3.10. The van der Waals surface area contributed by atoms with E-state index < -0.39 is 20.0 Å². The number of para-hydroxylation sites is 1. The Bertz CT molecular complexity index is 1100. The summed E-state index contributed by atoms with van der Waals surface area (Å²) in [4.78, 5) is -0.281. The van der Waals surface area contributed by atoms with Gasteiger partial charge in [0, 0.05) is 0 Å². The lowest BCUT2D eigenvalue weighted by atomic mass is 10.0. The zero-order chi connectivity index (χ0) is 19.5. The van der Waals surface area contributed by atoms with Gasteiger partial charge in [-0.2, -0.15) is 0 Å². The van der Waals surface area contributed by atoms with E-state index in [2.05, 4.69) is 10.8 Å². The highest BCUT2D eigenvalue weighted by Gasteiger charge is 2.16. The van der Waals surface area contributed by atoms with E-state index in [9.17, 15) is 16.8 Å². The molecule has 1 aliphatic carbocycles. The van der Waals surface area contributed by atoms with Crippen LogP contribution in [0.25, 0.3) is 11.6 Å². The van der Waals surface area contributed by atoms with E-state index in [1.807, 2.05) is 24.3 Å². The minimum absolute atomic E-state index is 0.0897. The largest absolute Gasteiger partial charge is 0.279 e. The maximum Gasteiger partial charge on any atom is 0.255 e. The fraction of sp³-hybridized carbons (Fsp3) is 0.158. The van der Waals surface area contributed by atoms with Crippen molar-refractivity contribution < 1.29 is 16.8 Å². The van der Waals surface area contributed by atoms with Crippen molar-refractivity contribution in [3.05, 3.63) is 71.1 Å². The summed E-state index contributed by atoms with van der Waals surface area (Å²) in [7, 11) is -7.95. The number of hydrogen-bond acceptors (Lipinski definition) is 4. The van der Waals surface area contributed by atoms with Crippen LogP contribution in [-0.2, 0) is 20.0 Å². The molecule has 8 heteroatoms. The fourth-order valence-electron chi connectivity index (χ4n) is 2.90. The first kappa shape index (κ1) is 19.3. The van der Waals surface area contributed by atoms with Gasteiger partial charge in [-0.3, -0.25) is 4.72 Å². The lowest BCUT2D eigenvalue weighted by Crippen LogP contribution is -2.17. The monoisotopic (exact) mass is 404 g/mol. The van der Waals surface area contributed by atoms with Gasteiger partial charge in [0.05, 0.1) is 11.1 Å². The van der Waals surface area contributed by atoms with Crippen LogP contribution >= 0.6 is 0 Å². The highest BCUT2D eigenvalue weighted by molar-refractivity contribution is 7.95. The molecule has 0 fully saturated rings. The molecular weight excluding hydrogens is 384 g/mol. The molecule has 6 nitrogen and oxygen atoms in total. The third kappa shape index (κ3) is 5.06. The molecule has 0 saturated heterocycles. The summed E-state index contributed by atoms with van der Waals surface area (Å²) in [5.74, 6) is 0. The molecule has 142 valence electrons. The zero-order valence-corrected chi connectivity index (χ0v) is 16.1. The summed E-state index contributed by atoms with van der Waals surface area (Å²) in [5, 5.41) is 6.12. The van der Waals surface area contributed by atoms with Crippen molar-refractivity contribution in [1.29, 1.82) is 0 Å². The predicted octanol–water partition coefficient (Wildman–Crippen LogP) is 3.31. The molecule has 2 aromatic rings. The summed E-state index contributed by atoms with van der Waals surface area (Å²) in [6, 6.07) is 13.2. The predicted molar refractivity (Wildman–Crippen MR) is 108 cm³/mol. The van der Waals surface area contributed by atoms with Gasteiger partial charge in [-0.15, -0.1) is 0 Å². The molecule has 0 bridgehead atoms. The van der Waals surface area contributed by atoms with E-state index in [0.717, 1.165) is 29.4 Å². The SMILES string of the molecule is NS(=O)(=O)c1ccccc1NS(=O)(=O)C=Cc1ccc(C2=CCCC2)cc1. The molecule has 0 spiro atoms. The Balaban J connectivity index is 1.77. The van der Waals surface area contributed by atoms with Crippen LogP contribution in [0.4, 0.5) is 5.69 Å². The van der Waals surface area contributed by atoms with Gasteiger partial charge in [0.2, 0.25) is 10.0 Å². The molecule has 0 saturated carbocycles. The van der Waals surface area contributed by atoms with Crippen molar-refractivity contribution in [2.45, 2.75) is 24.2 Å². The standard InChI is InChI=1S/C19H20N2O4S2/c20-27(24,25)19-8-4-3-7-18(19)21-26(22,23)14-13-15-9-11-17(12-10-15)16-5-1-2-6-16/h3-5,7-14,21H,1-2,6H2,(H2,20,24,25). The first-order chi connectivity index (χ1) is 12.7. The van der Waals surface area contributed by atoms with Crippen LogP contribution in [0, 0.1) is 0 Å². The van der Waals surface area contributed by atoms with Gasteiger partial charge in [-0.1, -0.05) is 42.5 Å². The molecular formula is C19H20N2O4S2. The number of rotatable bonds is 6. The van der Waals surface area contributed by atoms with Crippen molar-refractivity contribution in [2.75, 3.05) is 4.72 Å². The quantitative estimate of drug-likeness (QED) is 0.770. The van der Waals surface area contributed by atoms with Crippen molar-refractivity contribution in [1.82, 2.24) is 0 Å². The molecule has 1 aliphatic rings. The van der Waals surface area contributed by atoms with E-state index in [0.29, 0.717) is 0 Å². The zero-order valence-electron chi connectivity index (χ0n) is 14.5. The average Bonchev–Trinajstić information content (AvgIpc) is 3.14. The summed E-state index contributed by atoms with van der Waals surface area (Å²) >= 11 is 0. The molecule has 0 radical (unpaired) electrons. The molecule has 0 unspecified atom stereocenters. The number of anilines is 1. The Labute approximate surface area is 159 Å². The van der Waals surface area contributed by atoms with Crippen LogP contribution in [0.2, 0.25) is 0 Å². The van der Waals surface area contributed by atoms with Crippen LogP contribution in [0.15, 0.2) is 64.9 Å². The van der Waals surface area contributed by atoms with Crippen LogP contribution in [0.1, 0.15) is 30.4 Å². The lowest BCUT2D eigenvalue weighted by molar-refractivity contribution is 0.598. The van der Waals surface area contributed by atoms with Crippen molar-refractivity contribution in [3.8, 4) is 0 Å². The molecule has 2 aromatic carbocycles. The Morgan fingerprint density at radius 3 is 2.30 bits per heavy atom. The van der Waals surface area contributed by atoms with E-state index in [-0.39, 0.29) is 10.6 Å². The van der Waals surface area contributed by atoms with Crippen LogP contribution in [-0.4, -0.2) is 16.8 Å². The maximum atomic E-state index is 12.3. The Kier molecular flexibility index (Phi) is 5.50. The topological polar surface area (TPSA) is 106 Å². The molecule has 0 atom stereocenters. The van der Waals surface area contributed by atoms with E-state index in [4.69, 9.17) is 5.14 Å². The normalized spacial score (nSPS) is 15.1. The average molecular weight is 405 g/mol. The number of nitrogens with one attached hydrogen (secondary N) is 1. The molecule has 3 rings (SSSR count). The van der Waals surface area contributed by atoms with Gasteiger partial charge < -0.3 is 0 Å². The van der Waals surface area contributed by atoms with Gasteiger partial charge in [0.15, 0.2) is 0 Å². The van der Waals surface area contributed by atoms with Crippen LogP contribution in [0.3, 0.4) is 0 Å². The highest BCUT2D eigenvalue weighted by atomic mass is 32.2. The van der Waals surface area contributed by atoms with Crippen LogP contribution < -0.4 is 9.86 Å². The number of primary sulfonamides is 1. The number of hydrogen-bond donors (Lipinski definition) is 2. The summed E-state index contributed by atoms with van der Waals surface area (Å²) < 4.78 is 50.0. The Morgan fingerprint density at radius 2 is 1.67 bits per heavy atom. The van der Waals surface area contributed by atoms with E-state index in [1.165, 1.54) is 42.3 Å². The Morgan fingerprint density at radius 1 is 0.963 bits per heavy atom. The number of sulfonamides is 2. The van der Waals surface area contributed by atoms with E-state index >= 15 is 0 Å². The molecule has 0 aliphatic heterocycles. The second kappa shape index (κ2) is 7.67. The van der Waals surface area contributed by atoms with Crippen molar-refractivity contribution >= 4 is 37.4 Å². The minimum atomic E-state index is -4.04. The third-order valence-electron chi connectivity index (χ3n) is 4.21. The Hall–Kier alpha value is -2.42.